The largest absolute Gasteiger partial charge is 0.497 e. The molecule has 0 saturated carbocycles. The van der Waals surface area contributed by atoms with E-state index in [9.17, 15) is 9.90 Å². The monoisotopic (exact) mass is 342 g/mol. The maximum Gasteiger partial charge on any atom is 0.270 e. The normalized spacial score (nSPS) is 19.7. The van der Waals surface area contributed by atoms with Crippen LogP contribution in [0.3, 0.4) is 0 Å². The third-order valence-electron chi connectivity index (χ3n) is 5.20. The number of rotatable bonds is 4. The Hall–Kier alpha value is -2.27. The summed E-state index contributed by atoms with van der Waals surface area (Å²) in [5, 5.41) is 11.2. The highest BCUT2D eigenvalue weighted by atomic mass is 16.5. The second kappa shape index (κ2) is 6.56. The molecule has 5 nitrogen and oxygen atoms in total. The van der Waals surface area contributed by atoms with Gasteiger partial charge in [0.1, 0.15) is 17.0 Å². The van der Waals surface area contributed by atoms with Crippen molar-refractivity contribution in [2.45, 2.75) is 45.3 Å². The Bertz CT molecular complexity index is 762. The molecule has 0 radical (unpaired) electrons. The number of aryl methyl sites for hydroxylation is 2. The van der Waals surface area contributed by atoms with Crippen LogP contribution in [0.4, 0.5) is 0 Å². The minimum Gasteiger partial charge on any atom is -0.497 e. The number of likely N-dealkylation sites (tertiary alicyclic amines) is 1. The van der Waals surface area contributed by atoms with Crippen LogP contribution in [-0.2, 0) is 5.60 Å². The van der Waals surface area contributed by atoms with E-state index in [4.69, 9.17) is 4.74 Å². The van der Waals surface area contributed by atoms with Crippen molar-refractivity contribution in [3.63, 3.8) is 0 Å². The van der Waals surface area contributed by atoms with Crippen LogP contribution in [-0.4, -0.2) is 40.6 Å². The van der Waals surface area contributed by atoms with Gasteiger partial charge >= 0.3 is 0 Å². The first-order valence-electron chi connectivity index (χ1n) is 8.68. The first-order chi connectivity index (χ1) is 11.8. The van der Waals surface area contributed by atoms with E-state index in [-0.39, 0.29) is 11.9 Å². The number of nitrogens with one attached hydrogen (secondary N) is 1. The van der Waals surface area contributed by atoms with E-state index in [1.165, 1.54) is 0 Å². The maximum absolute atomic E-state index is 13.0. The molecule has 2 aromatic rings. The van der Waals surface area contributed by atoms with Gasteiger partial charge < -0.3 is 19.7 Å². The number of amides is 1. The van der Waals surface area contributed by atoms with Crippen molar-refractivity contribution in [1.82, 2.24) is 9.88 Å². The van der Waals surface area contributed by atoms with Crippen LogP contribution in [0.25, 0.3) is 0 Å². The minimum absolute atomic E-state index is 0.0399. The zero-order chi connectivity index (χ0) is 18.2. The zero-order valence-electron chi connectivity index (χ0n) is 15.3. The Balaban J connectivity index is 1.89. The molecule has 2 atom stereocenters. The highest BCUT2D eigenvalue weighted by molar-refractivity contribution is 5.94. The van der Waals surface area contributed by atoms with E-state index in [2.05, 4.69) is 4.98 Å². The van der Waals surface area contributed by atoms with Crippen LogP contribution in [0.15, 0.2) is 30.3 Å². The number of benzene rings is 1. The molecule has 25 heavy (non-hydrogen) atoms. The van der Waals surface area contributed by atoms with Gasteiger partial charge in [-0.1, -0.05) is 12.1 Å². The zero-order valence-corrected chi connectivity index (χ0v) is 15.3. The number of carbonyl (C=O) groups is 1. The van der Waals surface area contributed by atoms with Crippen LogP contribution >= 0.6 is 0 Å². The Morgan fingerprint density at radius 1 is 1.32 bits per heavy atom. The van der Waals surface area contributed by atoms with Crippen molar-refractivity contribution in [1.29, 1.82) is 0 Å². The van der Waals surface area contributed by atoms with Gasteiger partial charge in [-0.05, 0) is 62.9 Å². The average molecular weight is 342 g/mol. The summed E-state index contributed by atoms with van der Waals surface area (Å²) < 4.78 is 5.19. The standard InChI is InChI=1S/C20H26N2O3/c1-13-12-14(2)21-18(13)19(23)22-11-5-6-17(22)20(3,24)15-7-9-16(25-4)10-8-15/h7-10,12,17,21,24H,5-6,11H2,1-4H3/t17-,20+/m0/s1. The number of H-pyrrole nitrogens is 1. The fraction of sp³-hybridized carbons (Fsp3) is 0.450. The number of hydrogen-bond acceptors (Lipinski definition) is 3. The number of carbonyl (C=O) groups excluding carboxylic acids is 1. The summed E-state index contributed by atoms with van der Waals surface area (Å²) in [6, 6.07) is 9.12. The Morgan fingerprint density at radius 2 is 2.00 bits per heavy atom. The average Bonchev–Trinajstić information content (AvgIpc) is 3.21. The molecule has 1 aliphatic rings. The van der Waals surface area contributed by atoms with Gasteiger partial charge in [-0.2, -0.15) is 0 Å². The first-order valence-corrected chi connectivity index (χ1v) is 8.68. The fourth-order valence-corrected chi connectivity index (χ4v) is 3.81. The fourth-order valence-electron chi connectivity index (χ4n) is 3.81. The molecule has 5 heteroatoms. The van der Waals surface area contributed by atoms with Crippen molar-refractivity contribution in [2.24, 2.45) is 0 Å². The molecule has 0 unspecified atom stereocenters. The first kappa shape index (κ1) is 17.5. The van der Waals surface area contributed by atoms with Gasteiger partial charge in [-0.3, -0.25) is 4.79 Å². The maximum atomic E-state index is 13.0. The lowest BCUT2D eigenvalue weighted by Crippen LogP contribution is -2.48. The van der Waals surface area contributed by atoms with Crippen molar-refractivity contribution >= 4 is 5.91 Å². The third-order valence-corrected chi connectivity index (χ3v) is 5.20. The van der Waals surface area contributed by atoms with Gasteiger partial charge in [-0.25, -0.2) is 0 Å². The van der Waals surface area contributed by atoms with Gasteiger partial charge in [-0.15, -0.1) is 0 Å². The third kappa shape index (κ3) is 3.16. The SMILES string of the molecule is COc1ccc([C@@](C)(O)[C@@H]2CCCN2C(=O)c2[nH]c(C)cc2C)cc1. The predicted octanol–water partition coefficient (Wildman–Crippen LogP) is 3.15. The summed E-state index contributed by atoms with van der Waals surface area (Å²) in [7, 11) is 1.62. The predicted molar refractivity (Wildman–Crippen MR) is 96.9 cm³/mol. The quantitative estimate of drug-likeness (QED) is 0.897. The molecule has 1 amide bonds. The minimum atomic E-state index is -1.12. The number of methoxy groups -OCH3 is 1. The summed E-state index contributed by atoms with van der Waals surface area (Å²) in [4.78, 5) is 18.0. The molecule has 2 heterocycles. The van der Waals surface area contributed by atoms with Gasteiger partial charge in [0.2, 0.25) is 0 Å². The molecule has 3 rings (SSSR count). The van der Waals surface area contributed by atoms with Crippen LogP contribution in [0.5, 0.6) is 5.75 Å². The van der Waals surface area contributed by atoms with Gasteiger partial charge in [0, 0.05) is 12.2 Å². The number of nitrogens with zero attached hydrogens (tertiary/aromatic N) is 1. The van der Waals surface area contributed by atoms with E-state index < -0.39 is 5.60 Å². The summed E-state index contributed by atoms with van der Waals surface area (Å²) in [5.41, 5.74) is 2.21. The van der Waals surface area contributed by atoms with E-state index in [1.807, 2.05) is 49.1 Å². The second-order valence-corrected chi connectivity index (χ2v) is 7.04. The molecule has 1 aromatic heterocycles. The number of aromatic amines is 1. The molecular formula is C20H26N2O3. The topological polar surface area (TPSA) is 65.6 Å². The molecule has 0 aliphatic carbocycles. The summed E-state index contributed by atoms with van der Waals surface area (Å²) in [5.74, 6) is 0.707. The smallest absolute Gasteiger partial charge is 0.270 e. The van der Waals surface area contributed by atoms with Crippen LogP contribution in [0.2, 0.25) is 0 Å². The molecule has 0 bridgehead atoms. The lowest BCUT2D eigenvalue weighted by atomic mass is 9.86. The lowest BCUT2D eigenvalue weighted by molar-refractivity contribution is -0.0179. The molecule has 1 fully saturated rings. The highest BCUT2D eigenvalue weighted by Crippen LogP contribution is 2.36. The number of aliphatic hydroxyl groups is 1. The van der Waals surface area contributed by atoms with E-state index in [0.717, 1.165) is 35.4 Å². The highest BCUT2D eigenvalue weighted by Gasteiger charge is 2.43. The molecule has 134 valence electrons. The summed E-state index contributed by atoms with van der Waals surface area (Å²) in [6.07, 6.45) is 1.67. The molecule has 1 aliphatic heterocycles. The lowest BCUT2D eigenvalue weighted by Gasteiger charge is -2.37. The van der Waals surface area contributed by atoms with Gasteiger partial charge in [0.05, 0.1) is 13.2 Å². The van der Waals surface area contributed by atoms with Gasteiger partial charge in [0.15, 0.2) is 0 Å². The molecule has 0 spiro atoms. The van der Waals surface area contributed by atoms with Crippen molar-refractivity contribution in [3.8, 4) is 5.75 Å². The van der Waals surface area contributed by atoms with Crippen LogP contribution < -0.4 is 4.74 Å². The Kier molecular flexibility index (Phi) is 4.60. The molecular weight excluding hydrogens is 316 g/mol. The van der Waals surface area contributed by atoms with E-state index in [0.29, 0.717) is 12.2 Å². The Labute approximate surface area is 148 Å². The summed E-state index contributed by atoms with van der Waals surface area (Å²) in [6.45, 7) is 6.33. The Morgan fingerprint density at radius 3 is 2.56 bits per heavy atom. The second-order valence-electron chi connectivity index (χ2n) is 7.04. The van der Waals surface area contributed by atoms with Gasteiger partial charge in [0.25, 0.3) is 5.91 Å². The number of ether oxygens (including phenoxy) is 1. The summed E-state index contributed by atoms with van der Waals surface area (Å²) >= 11 is 0. The van der Waals surface area contributed by atoms with Crippen LogP contribution in [0, 0.1) is 13.8 Å². The number of aromatic nitrogens is 1. The molecule has 1 saturated heterocycles. The van der Waals surface area contributed by atoms with Crippen molar-refractivity contribution in [3.05, 3.63) is 52.8 Å². The van der Waals surface area contributed by atoms with E-state index in [1.54, 1.807) is 14.0 Å². The van der Waals surface area contributed by atoms with Crippen molar-refractivity contribution in [2.75, 3.05) is 13.7 Å². The van der Waals surface area contributed by atoms with Crippen molar-refractivity contribution < 1.29 is 14.6 Å². The number of hydrogen-bond donors (Lipinski definition) is 2. The van der Waals surface area contributed by atoms with Crippen LogP contribution in [0.1, 0.15) is 47.1 Å². The van der Waals surface area contributed by atoms with E-state index >= 15 is 0 Å². The molecule has 1 aromatic carbocycles. The molecule has 2 N–H and O–H groups in total.